The lowest BCUT2D eigenvalue weighted by Crippen LogP contribution is -2.58. The topological polar surface area (TPSA) is 64.4 Å². The highest BCUT2D eigenvalue weighted by Gasteiger charge is 2.48. The second-order valence-corrected chi connectivity index (χ2v) is 7.12. The van der Waals surface area contributed by atoms with Crippen LogP contribution in [-0.2, 0) is 11.2 Å². The van der Waals surface area contributed by atoms with Gasteiger partial charge in [-0.15, -0.1) is 0 Å². The second-order valence-electron chi connectivity index (χ2n) is 7.12. The molecule has 1 saturated carbocycles. The summed E-state index contributed by atoms with van der Waals surface area (Å²) in [5.74, 6) is 2.11. The number of hydrogen-bond acceptors (Lipinski definition) is 4. The summed E-state index contributed by atoms with van der Waals surface area (Å²) < 4.78 is 10.7. The summed E-state index contributed by atoms with van der Waals surface area (Å²) >= 11 is 0. The molecule has 1 amide bonds. The van der Waals surface area contributed by atoms with Gasteiger partial charge in [0.1, 0.15) is 5.75 Å². The van der Waals surface area contributed by atoms with Crippen molar-refractivity contribution in [2.45, 2.75) is 39.7 Å². The maximum absolute atomic E-state index is 11.3. The normalized spacial score (nSPS) is 21.8. The van der Waals surface area contributed by atoms with Crippen molar-refractivity contribution in [2.75, 3.05) is 7.11 Å². The largest absolute Gasteiger partial charge is 0.497 e. The number of carbonyl (C=O) groups excluding carboxylic acids is 1. The Kier molecular flexibility index (Phi) is 4.35. The van der Waals surface area contributed by atoms with Gasteiger partial charge in [-0.2, -0.15) is 0 Å². The van der Waals surface area contributed by atoms with E-state index in [4.69, 9.17) is 9.26 Å². The van der Waals surface area contributed by atoms with Crippen LogP contribution >= 0.6 is 0 Å². The molecule has 3 rings (SSSR count). The van der Waals surface area contributed by atoms with E-state index in [0.717, 1.165) is 35.6 Å². The zero-order valence-electron chi connectivity index (χ0n) is 14.6. The molecule has 5 nitrogen and oxygen atoms in total. The van der Waals surface area contributed by atoms with Crippen molar-refractivity contribution >= 4 is 5.91 Å². The molecule has 0 radical (unpaired) electrons. The molecule has 1 fully saturated rings. The minimum atomic E-state index is 0.0368. The molecule has 1 aromatic heterocycles. The lowest BCUT2D eigenvalue weighted by atomic mass is 9.57. The Hall–Kier alpha value is -2.30. The first-order valence-electron chi connectivity index (χ1n) is 8.27. The van der Waals surface area contributed by atoms with Gasteiger partial charge in [0.2, 0.25) is 5.91 Å². The minimum Gasteiger partial charge on any atom is -0.497 e. The fourth-order valence-corrected chi connectivity index (χ4v) is 3.40. The molecular weight excluding hydrogens is 304 g/mol. The molecule has 0 bridgehead atoms. The molecule has 5 heteroatoms. The molecule has 0 unspecified atom stereocenters. The van der Waals surface area contributed by atoms with Gasteiger partial charge >= 0.3 is 0 Å². The van der Waals surface area contributed by atoms with Crippen LogP contribution in [0.2, 0.25) is 0 Å². The van der Waals surface area contributed by atoms with Gasteiger partial charge in [0.25, 0.3) is 0 Å². The third kappa shape index (κ3) is 3.16. The van der Waals surface area contributed by atoms with Crippen molar-refractivity contribution in [1.82, 2.24) is 10.5 Å². The molecule has 1 aliphatic carbocycles. The van der Waals surface area contributed by atoms with Crippen LogP contribution in [0.15, 0.2) is 34.9 Å². The molecule has 128 valence electrons. The number of nitrogens with zero attached hydrogens (tertiary/aromatic N) is 1. The van der Waals surface area contributed by atoms with E-state index in [1.54, 1.807) is 14.0 Å². The number of amides is 1. The first-order chi connectivity index (χ1) is 11.4. The number of carbonyl (C=O) groups is 1. The van der Waals surface area contributed by atoms with Crippen LogP contribution < -0.4 is 10.1 Å². The maximum Gasteiger partial charge on any atom is 0.217 e. The van der Waals surface area contributed by atoms with Crippen LogP contribution in [-0.4, -0.2) is 24.2 Å². The van der Waals surface area contributed by atoms with Gasteiger partial charge in [0, 0.05) is 24.6 Å². The third-order valence-electron chi connectivity index (χ3n) is 5.24. The molecular formula is C19H24N2O3. The smallest absolute Gasteiger partial charge is 0.217 e. The van der Waals surface area contributed by atoms with E-state index in [1.165, 1.54) is 0 Å². The Labute approximate surface area is 142 Å². The summed E-state index contributed by atoms with van der Waals surface area (Å²) in [5, 5.41) is 7.25. The fourth-order valence-electron chi connectivity index (χ4n) is 3.40. The van der Waals surface area contributed by atoms with Crippen LogP contribution in [0.3, 0.4) is 0 Å². The SMILES string of the molecule is COc1ccc(-c2cc(C[C@@H]3C[C@H](NC(C)=O)C3(C)C)no2)cc1. The molecule has 0 aliphatic heterocycles. The highest BCUT2D eigenvalue weighted by molar-refractivity contribution is 5.73. The van der Waals surface area contributed by atoms with Crippen molar-refractivity contribution in [2.24, 2.45) is 11.3 Å². The first kappa shape index (κ1) is 16.6. The monoisotopic (exact) mass is 328 g/mol. The van der Waals surface area contributed by atoms with E-state index >= 15 is 0 Å². The molecule has 1 N–H and O–H groups in total. The predicted molar refractivity (Wildman–Crippen MR) is 91.7 cm³/mol. The van der Waals surface area contributed by atoms with Gasteiger partial charge in [-0.05, 0) is 48.4 Å². The van der Waals surface area contributed by atoms with Crippen molar-refractivity contribution in [1.29, 1.82) is 0 Å². The number of nitrogens with one attached hydrogen (secondary N) is 1. The Morgan fingerprint density at radius 2 is 2.08 bits per heavy atom. The quantitative estimate of drug-likeness (QED) is 0.913. The summed E-state index contributed by atoms with van der Waals surface area (Å²) in [7, 11) is 1.65. The lowest BCUT2D eigenvalue weighted by molar-refractivity contribution is -0.123. The van der Waals surface area contributed by atoms with Crippen LogP contribution in [0.4, 0.5) is 0 Å². The molecule has 0 saturated heterocycles. The zero-order valence-corrected chi connectivity index (χ0v) is 14.6. The summed E-state index contributed by atoms with van der Waals surface area (Å²) in [5.41, 5.74) is 2.02. The number of ether oxygens (including phenoxy) is 1. The van der Waals surface area contributed by atoms with Gasteiger partial charge < -0.3 is 14.6 Å². The van der Waals surface area contributed by atoms with E-state index in [9.17, 15) is 4.79 Å². The van der Waals surface area contributed by atoms with E-state index < -0.39 is 0 Å². The summed E-state index contributed by atoms with van der Waals surface area (Å²) in [6.07, 6.45) is 1.85. The average molecular weight is 328 g/mol. The van der Waals surface area contributed by atoms with Gasteiger partial charge in [-0.3, -0.25) is 4.79 Å². The number of methoxy groups -OCH3 is 1. The van der Waals surface area contributed by atoms with E-state index in [1.807, 2.05) is 30.3 Å². The summed E-state index contributed by atoms with van der Waals surface area (Å²) in [6.45, 7) is 5.97. The first-order valence-corrected chi connectivity index (χ1v) is 8.27. The lowest BCUT2D eigenvalue weighted by Gasteiger charge is -2.52. The van der Waals surface area contributed by atoms with Crippen molar-refractivity contribution < 1.29 is 14.1 Å². The third-order valence-corrected chi connectivity index (χ3v) is 5.24. The Balaban J connectivity index is 1.65. The summed E-state index contributed by atoms with van der Waals surface area (Å²) in [6, 6.07) is 9.98. The fraction of sp³-hybridized carbons (Fsp3) is 0.474. The molecule has 1 aromatic carbocycles. The van der Waals surface area contributed by atoms with Gasteiger partial charge in [0.15, 0.2) is 5.76 Å². The molecule has 24 heavy (non-hydrogen) atoms. The van der Waals surface area contributed by atoms with Crippen LogP contribution in [0.1, 0.15) is 32.9 Å². The Bertz CT molecular complexity index is 718. The molecule has 2 aromatic rings. The number of rotatable bonds is 5. The molecule has 1 aliphatic rings. The van der Waals surface area contributed by atoms with Gasteiger partial charge in [0.05, 0.1) is 12.8 Å². The number of benzene rings is 1. The summed E-state index contributed by atoms with van der Waals surface area (Å²) in [4.78, 5) is 11.3. The van der Waals surface area contributed by atoms with Crippen LogP contribution in [0.25, 0.3) is 11.3 Å². The highest BCUT2D eigenvalue weighted by Crippen LogP contribution is 2.47. The number of hydrogen-bond donors (Lipinski definition) is 1. The minimum absolute atomic E-state index is 0.0368. The number of aromatic nitrogens is 1. The van der Waals surface area contributed by atoms with Crippen molar-refractivity contribution in [3.8, 4) is 17.1 Å². The van der Waals surface area contributed by atoms with E-state index in [0.29, 0.717) is 5.92 Å². The van der Waals surface area contributed by atoms with Crippen molar-refractivity contribution in [3.63, 3.8) is 0 Å². The van der Waals surface area contributed by atoms with Crippen LogP contribution in [0, 0.1) is 11.3 Å². The molecule has 2 atom stereocenters. The zero-order chi connectivity index (χ0) is 17.3. The van der Waals surface area contributed by atoms with E-state index in [-0.39, 0.29) is 17.4 Å². The molecule has 1 heterocycles. The van der Waals surface area contributed by atoms with Gasteiger partial charge in [-0.1, -0.05) is 19.0 Å². The second kappa shape index (κ2) is 6.30. The van der Waals surface area contributed by atoms with Gasteiger partial charge in [-0.25, -0.2) is 0 Å². The molecule has 0 spiro atoms. The maximum atomic E-state index is 11.3. The Morgan fingerprint density at radius 1 is 1.38 bits per heavy atom. The van der Waals surface area contributed by atoms with Crippen LogP contribution in [0.5, 0.6) is 5.75 Å². The standard InChI is InChI=1S/C19H24N2O3/c1-12(22)20-18-10-14(19(18,2)3)9-15-11-17(24-21-15)13-5-7-16(23-4)8-6-13/h5-8,11,14,18H,9-10H2,1-4H3,(H,20,22)/t14-,18+/m1/s1. The van der Waals surface area contributed by atoms with E-state index in [2.05, 4.69) is 24.3 Å². The predicted octanol–water partition coefficient (Wildman–Crippen LogP) is 3.44. The Morgan fingerprint density at radius 3 is 2.67 bits per heavy atom. The average Bonchev–Trinajstić information content (AvgIpc) is 3.02. The highest BCUT2D eigenvalue weighted by atomic mass is 16.5. The van der Waals surface area contributed by atoms with Crippen molar-refractivity contribution in [3.05, 3.63) is 36.0 Å².